The molecule has 0 aliphatic carbocycles. The molecule has 23 heavy (non-hydrogen) atoms. The standard InChI is InChI=1S/C15H13BrN2O4S/c1-23(21,22)13-4-2-3-11(9-13)15(20)18-17-14(19)10-5-7-12(16)8-6-10/h2-9H,1H3,(H,17,19)(H,18,20). The second kappa shape index (κ2) is 6.93. The van der Waals surface area contributed by atoms with Crippen LogP contribution < -0.4 is 10.9 Å². The number of carbonyl (C=O) groups excluding carboxylic acids is 2. The Bertz CT molecular complexity index is 848. The Morgan fingerprint density at radius 2 is 1.48 bits per heavy atom. The monoisotopic (exact) mass is 396 g/mol. The number of rotatable bonds is 3. The van der Waals surface area contributed by atoms with Crippen LogP contribution >= 0.6 is 15.9 Å². The second-order valence-corrected chi connectivity index (χ2v) is 7.65. The van der Waals surface area contributed by atoms with Crippen LogP contribution in [0.1, 0.15) is 20.7 Å². The Balaban J connectivity index is 2.05. The van der Waals surface area contributed by atoms with Crippen molar-refractivity contribution in [1.82, 2.24) is 10.9 Å². The summed E-state index contributed by atoms with van der Waals surface area (Å²) in [6.45, 7) is 0. The summed E-state index contributed by atoms with van der Waals surface area (Å²) in [6.07, 6.45) is 1.05. The van der Waals surface area contributed by atoms with Crippen molar-refractivity contribution in [3.63, 3.8) is 0 Å². The minimum Gasteiger partial charge on any atom is -0.267 e. The van der Waals surface area contributed by atoms with Crippen LogP contribution in [-0.2, 0) is 9.84 Å². The predicted molar refractivity (Wildman–Crippen MR) is 88.6 cm³/mol. The molecule has 0 radical (unpaired) electrons. The third-order valence-corrected chi connectivity index (χ3v) is 4.56. The molecule has 0 unspecified atom stereocenters. The maximum Gasteiger partial charge on any atom is 0.269 e. The van der Waals surface area contributed by atoms with Crippen molar-refractivity contribution in [2.45, 2.75) is 4.90 Å². The first-order valence-corrected chi connectivity index (χ1v) is 9.12. The summed E-state index contributed by atoms with van der Waals surface area (Å²) < 4.78 is 23.8. The van der Waals surface area contributed by atoms with E-state index in [0.717, 1.165) is 10.7 Å². The summed E-state index contributed by atoms with van der Waals surface area (Å²) in [4.78, 5) is 23.9. The number of halogens is 1. The fourth-order valence-electron chi connectivity index (χ4n) is 1.73. The lowest BCUT2D eigenvalue weighted by Crippen LogP contribution is -2.41. The van der Waals surface area contributed by atoms with Crippen LogP contribution in [-0.4, -0.2) is 26.5 Å². The SMILES string of the molecule is CS(=O)(=O)c1cccc(C(=O)NNC(=O)c2ccc(Br)cc2)c1. The highest BCUT2D eigenvalue weighted by molar-refractivity contribution is 9.10. The van der Waals surface area contributed by atoms with E-state index in [1.54, 1.807) is 24.3 Å². The smallest absolute Gasteiger partial charge is 0.267 e. The molecule has 0 saturated heterocycles. The Morgan fingerprint density at radius 3 is 2.04 bits per heavy atom. The third kappa shape index (κ3) is 4.64. The molecule has 8 heteroatoms. The first kappa shape index (κ1) is 17.2. The zero-order valence-electron chi connectivity index (χ0n) is 12.0. The van der Waals surface area contributed by atoms with E-state index in [-0.39, 0.29) is 10.5 Å². The van der Waals surface area contributed by atoms with Gasteiger partial charge in [0, 0.05) is 21.9 Å². The van der Waals surface area contributed by atoms with Gasteiger partial charge in [0.15, 0.2) is 9.84 Å². The average Bonchev–Trinajstić information content (AvgIpc) is 2.52. The highest BCUT2D eigenvalue weighted by Gasteiger charge is 2.12. The largest absolute Gasteiger partial charge is 0.269 e. The Morgan fingerprint density at radius 1 is 0.913 bits per heavy atom. The van der Waals surface area contributed by atoms with Crippen molar-refractivity contribution in [2.24, 2.45) is 0 Å². The quantitative estimate of drug-likeness (QED) is 0.775. The zero-order valence-corrected chi connectivity index (χ0v) is 14.4. The van der Waals surface area contributed by atoms with Gasteiger partial charge in [-0.05, 0) is 42.5 Å². The number of carbonyl (C=O) groups is 2. The van der Waals surface area contributed by atoms with Crippen molar-refractivity contribution in [1.29, 1.82) is 0 Å². The number of amides is 2. The number of hydrazine groups is 1. The van der Waals surface area contributed by atoms with Gasteiger partial charge in [-0.25, -0.2) is 8.42 Å². The normalized spacial score (nSPS) is 10.9. The van der Waals surface area contributed by atoms with E-state index in [4.69, 9.17) is 0 Å². The lowest BCUT2D eigenvalue weighted by atomic mass is 10.2. The molecule has 0 fully saturated rings. The van der Waals surface area contributed by atoms with Gasteiger partial charge in [0.05, 0.1) is 4.90 Å². The molecule has 0 spiro atoms. The highest BCUT2D eigenvalue weighted by Crippen LogP contribution is 2.12. The maximum absolute atomic E-state index is 12.0. The molecule has 0 bridgehead atoms. The van der Waals surface area contributed by atoms with Crippen molar-refractivity contribution in [3.05, 3.63) is 64.1 Å². The molecule has 2 N–H and O–H groups in total. The van der Waals surface area contributed by atoms with Gasteiger partial charge in [-0.3, -0.25) is 20.4 Å². The van der Waals surface area contributed by atoms with Gasteiger partial charge in [0.25, 0.3) is 11.8 Å². The van der Waals surface area contributed by atoms with Crippen molar-refractivity contribution in [3.8, 4) is 0 Å². The van der Waals surface area contributed by atoms with Gasteiger partial charge in [-0.2, -0.15) is 0 Å². The number of benzene rings is 2. The van der Waals surface area contributed by atoms with Crippen LogP contribution in [0.15, 0.2) is 57.9 Å². The number of hydrogen-bond acceptors (Lipinski definition) is 4. The zero-order chi connectivity index (χ0) is 17.0. The first-order chi connectivity index (χ1) is 10.8. The van der Waals surface area contributed by atoms with E-state index in [1.807, 2.05) is 0 Å². The molecular weight excluding hydrogens is 384 g/mol. The average molecular weight is 397 g/mol. The van der Waals surface area contributed by atoms with Gasteiger partial charge in [-0.15, -0.1) is 0 Å². The lowest BCUT2D eigenvalue weighted by molar-refractivity contribution is 0.0846. The van der Waals surface area contributed by atoms with Crippen LogP contribution in [0.4, 0.5) is 0 Å². The molecule has 0 saturated carbocycles. The molecule has 120 valence electrons. The second-order valence-electron chi connectivity index (χ2n) is 4.72. The third-order valence-electron chi connectivity index (χ3n) is 2.92. The topological polar surface area (TPSA) is 92.3 Å². The molecule has 2 aromatic rings. The molecule has 0 aliphatic heterocycles. The summed E-state index contributed by atoms with van der Waals surface area (Å²) in [5.41, 5.74) is 5.02. The van der Waals surface area contributed by atoms with Crippen molar-refractivity contribution >= 4 is 37.6 Å². The van der Waals surface area contributed by atoms with E-state index in [1.165, 1.54) is 24.3 Å². The van der Waals surface area contributed by atoms with Crippen molar-refractivity contribution < 1.29 is 18.0 Å². The Kier molecular flexibility index (Phi) is 5.17. The molecule has 0 aliphatic rings. The van der Waals surface area contributed by atoms with Crippen LogP contribution in [0.25, 0.3) is 0 Å². The molecule has 2 rings (SSSR count). The summed E-state index contributed by atoms with van der Waals surface area (Å²) in [5, 5.41) is 0. The number of nitrogens with one attached hydrogen (secondary N) is 2. The number of hydrogen-bond donors (Lipinski definition) is 2. The van der Waals surface area contributed by atoms with Gasteiger partial charge < -0.3 is 0 Å². The first-order valence-electron chi connectivity index (χ1n) is 6.44. The fraction of sp³-hybridized carbons (Fsp3) is 0.0667. The molecule has 2 aromatic carbocycles. The maximum atomic E-state index is 12.0. The van der Waals surface area contributed by atoms with E-state index >= 15 is 0 Å². The van der Waals surface area contributed by atoms with Crippen LogP contribution in [0.2, 0.25) is 0 Å². The fourth-order valence-corrected chi connectivity index (χ4v) is 2.66. The molecule has 2 amide bonds. The molecular formula is C15H13BrN2O4S. The molecule has 6 nitrogen and oxygen atoms in total. The van der Waals surface area contributed by atoms with Crippen molar-refractivity contribution in [2.75, 3.05) is 6.26 Å². The molecule has 0 heterocycles. The van der Waals surface area contributed by atoms with Gasteiger partial charge in [0.2, 0.25) is 0 Å². The van der Waals surface area contributed by atoms with E-state index in [2.05, 4.69) is 26.8 Å². The van der Waals surface area contributed by atoms with Crippen LogP contribution in [0, 0.1) is 0 Å². The summed E-state index contributed by atoms with van der Waals surface area (Å²) >= 11 is 3.26. The van der Waals surface area contributed by atoms with Gasteiger partial charge >= 0.3 is 0 Å². The van der Waals surface area contributed by atoms with E-state index in [9.17, 15) is 18.0 Å². The van der Waals surface area contributed by atoms with Crippen LogP contribution in [0.3, 0.4) is 0 Å². The Labute approximate surface area is 141 Å². The lowest BCUT2D eigenvalue weighted by Gasteiger charge is -2.08. The van der Waals surface area contributed by atoms with E-state index in [0.29, 0.717) is 5.56 Å². The summed E-state index contributed by atoms with van der Waals surface area (Å²) in [6, 6.07) is 12.1. The summed E-state index contributed by atoms with van der Waals surface area (Å²) in [7, 11) is -3.41. The Hall–Kier alpha value is -2.19. The van der Waals surface area contributed by atoms with E-state index < -0.39 is 21.7 Å². The molecule has 0 atom stereocenters. The predicted octanol–water partition coefficient (Wildman–Crippen LogP) is 1.93. The number of sulfone groups is 1. The minimum atomic E-state index is -3.41. The molecule has 0 aromatic heterocycles. The highest BCUT2D eigenvalue weighted by atomic mass is 79.9. The van der Waals surface area contributed by atoms with Crippen LogP contribution in [0.5, 0.6) is 0 Å². The van der Waals surface area contributed by atoms with Gasteiger partial charge in [0.1, 0.15) is 0 Å². The minimum absolute atomic E-state index is 0.0318. The van der Waals surface area contributed by atoms with Gasteiger partial charge in [-0.1, -0.05) is 22.0 Å². The summed E-state index contributed by atoms with van der Waals surface area (Å²) in [5.74, 6) is -1.09.